The SMILES string of the molecule is Cc1ccc(C)c(C(CC(=O)O)c2cccs2)c1. The lowest BCUT2D eigenvalue weighted by molar-refractivity contribution is -0.137. The highest BCUT2D eigenvalue weighted by Crippen LogP contribution is 2.33. The predicted octanol–water partition coefficient (Wildman–Crippen LogP) is 3.97. The smallest absolute Gasteiger partial charge is 0.304 e. The number of thiophene rings is 1. The third-order valence-electron chi connectivity index (χ3n) is 3.08. The molecular weight excluding hydrogens is 244 g/mol. The van der Waals surface area contributed by atoms with Crippen molar-refractivity contribution >= 4 is 17.3 Å². The van der Waals surface area contributed by atoms with Crippen molar-refractivity contribution in [2.24, 2.45) is 0 Å². The Kier molecular flexibility index (Phi) is 3.82. The molecule has 3 heteroatoms. The molecule has 1 aromatic carbocycles. The lowest BCUT2D eigenvalue weighted by Gasteiger charge is -2.17. The standard InChI is InChI=1S/C15H16O2S/c1-10-5-6-11(2)12(8-10)13(9-15(16)17)14-4-3-7-18-14/h3-8,13H,9H2,1-2H3,(H,16,17). The molecule has 1 heterocycles. The molecule has 0 spiro atoms. The van der Waals surface area contributed by atoms with Gasteiger partial charge in [0.1, 0.15) is 0 Å². The van der Waals surface area contributed by atoms with E-state index in [-0.39, 0.29) is 12.3 Å². The summed E-state index contributed by atoms with van der Waals surface area (Å²) in [5, 5.41) is 11.1. The van der Waals surface area contributed by atoms with Gasteiger partial charge in [-0.15, -0.1) is 11.3 Å². The molecule has 0 aliphatic rings. The maximum absolute atomic E-state index is 11.1. The Bertz CT molecular complexity index is 544. The predicted molar refractivity (Wildman–Crippen MR) is 74.3 cm³/mol. The van der Waals surface area contributed by atoms with Crippen LogP contribution in [0.15, 0.2) is 35.7 Å². The van der Waals surface area contributed by atoms with Gasteiger partial charge in [-0.2, -0.15) is 0 Å². The normalized spacial score (nSPS) is 12.3. The molecular formula is C15H16O2S. The summed E-state index contributed by atoms with van der Waals surface area (Å²) < 4.78 is 0. The molecule has 1 unspecified atom stereocenters. The van der Waals surface area contributed by atoms with Gasteiger partial charge in [0, 0.05) is 10.8 Å². The van der Waals surface area contributed by atoms with Gasteiger partial charge in [0.15, 0.2) is 0 Å². The molecule has 18 heavy (non-hydrogen) atoms. The van der Waals surface area contributed by atoms with Crippen LogP contribution < -0.4 is 0 Å². The number of hydrogen-bond acceptors (Lipinski definition) is 2. The van der Waals surface area contributed by atoms with E-state index in [0.29, 0.717) is 0 Å². The van der Waals surface area contributed by atoms with Gasteiger partial charge >= 0.3 is 5.97 Å². The van der Waals surface area contributed by atoms with E-state index in [4.69, 9.17) is 5.11 Å². The fourth-order valence-electron chi connectivity index (χ4n) is 2.16. The van der Waals surface area contributed by atoms with E-state index in [2.05, 4.69) is 18.2 Å². The fraction of sp³-hybridized carbons (Fsp3) is 0.267. The Balaban J connectivity index is 2.46. The molecule has 1 atom stereocenters. The number of hydrogen-bond donors (Lipinski definition) is 1. The lowest BCUT2D eigenvalue weighted by atomic mass is 9.89. The Labute approximate surface area is 111 Å². The van der Waals surface area contributed by atoms with Gasteiger partial charge in [0.25, 0.3) is 0 Å². The van der Waals surface area contributed by atoms with Crippen molar-refractivity contribution in [3.05, 3.63) is 57.3 Å². The van der Waals surface area contributed by atoms with Crippen LogP contribution in [-0.4, -0.2) is 11.1 Å². The van der Waals surface area contributed by atoms with Crippen LogP contribution in [-0.2, 0) is 4.79 Å². The van der Waals surface area contributed by atoms with Crippen LogP contribution in [0.2, 0.25) is 0 Å². The summed E-state index contributed by atoms with van der Waals surface area (Å²) in [4.78, 5) is 12.2. The monoisotopic (exact) mass is 260 g/mol. The topological polar surface area (TPSA) is 37.3 Å². The molecule has 0 saturated carbocycles. The second-order valence-corrected chi connectivity index (χ2v) is 5.51. The van der Waals surface area contributed by atoms with Crippen molar-refractivity contribution in [3.63, 3.8) is 0 Å². The Hall–Kier alpha value is -1.61. The summed E-state index contributed by atoms with van der Waals surface area (Å²) in [6, 6.07) is 10.2. The molecule has 0 saturated heterocycles. The summed E-state index contributed by atoms with van der Waals surface area (Å²) in [6.07, 6.45) is 0.144. The molecule has 2 nitrogen and oxygen atoms in total. The minimum atomic E-state index is -0.755. The number of aryl methyl sites for hydroxylation is 2. The molecule has 2 aromatic rings. The van der Waals surface area contributed by atoms with E-state index in [1.165, 1.54) is 5.56 Å². The second-order valence-electron chi connectivity index (χ2n) is 4.53. The van der Waals surface area contributed by atoms with E-state index in [9.17, 15) is 4.79 Å². The fourth-order valence-corrected chi connectivity index (χ4v) is 3.01. The maximum Gasteiger partial charge on any atom is 0.304 e. The number of benzene rings is 1. The number of carboxylic acids is 1. The Morgan fingerprint density at radius 2 is 2.11 bits per heavy atom. The average molecular weight is 260 g/mol. The van der Waals surface area contributed by atoms with Crippen molar-refractivity contribution in [2.75, 3.05) is 0 Å². The van der Waals surface area contributed by atoms with E-state index in [1.54, 1.807) is 11.3 Å². The molecule has 1 N–H and O–H groups in total. The van der Waals surface area contributed by atoms with Gasteiger partial charge in [0.2, 0.25) is 0 Å². The molecule has 0 fully saturated rings. The zero-order valence-electron chi connectivity index (χ0n) is 10.5. The highest BCUT2D eigenvalue weighted by atomic mass is 32.1. The molecule has 1 aromatic heterocycles. The van der Waals surface area contributed by atoms with E-state index < -0.39 is 5.97 Å². The first-order valence-corrected chi connectivity index (χ1v) is 6.78. The zero-order valence-corrected chi connectivity index (χ0v) is 11.3. The summed E-state index contributed by atoms with van der Waals surface area (Å²) >= 11 is 1.62. The minimum Gasteiger partial charge on any atom is -0.481 e. The number of aliphatic carboxylic acids is 1. The van der Waals surface area contributed by atoms with Crippen LogP contribution in [0.25, 0.3) is 0 Å². The number of carbonyl (C=O) groups is 1. The van der Waals surface area contributed by atoms with Crippen LogP contribution in [0.5, 0.6) is 0 Å². The van der Waals surface area contributed by atoms with Crippen molar-refractivity contribution in [1.82, 2.24) is 0 Å². The second kappa shape index (κ2) is 5.36. The summed E-state index contributed by atoms with van der Waals surface area (Å²) in [7, 11) is 0. The molecule has 0 bridgehead atoms. The summed E-state index contributed by atoms with van der Waals surface area (Å²) in [5.74, 6) is -0.795. The quantitative estimate of drug-likeness (QED) is 0.903. The maximum atomic E-state index is 11.1. The third kappa shape index (κ3) is 2.79. The van der Waals surface area contributed by atoms with Crippen molar-refractivity contribution in [3.8, 4) is 0 Å². The Morgan fingerprint density at radius 1 is 1.33 bits per heavy atom. The molecule has 0 radical (unpaired) electrons. The van der Waals surface area contributed by atoms with Gasteiger partial charge in [-0.3, -0.25) is 4.79 Å². The molecule has 0 aliphatic heterocycles. The molecule has 94 valence electrons. The Morgan fingerprint density at radius 3 is 2.72 bits per heavy atom. The van der Waals surface area contributed by atoms with Crippen molar-refractivity contribution in [2.45, 2.75) is 26.2 Å². The number of carboxylic acid groups (broad SMARTS) is 1. The van der Waals surface area contributed by atoms with E-state index >= 15 is 0 Å². The highest BCUT2D eigenvalue weighted by Gasteiger charge is 2.20. The van der Waals surface area contributed by atoms with Crippen LogP contribution in [0.4, 0.5) is 0 Å². The lowest BCUT2D eigenvalue weighted by Crippen LogP contribution is -2.08. The van der Waals surface area contributed by atoms with Crippen molar-refractivity contribution < 1.29 is 9.90 Å². The summed E-state index contributed by atoms with van der Waals surface area (Å²) in [5.41, 5.74) is 3.45. The van der Waals surface area contributed by atoms with Crippen LogP contribution in [0.3, 0.4) is 0 Å². The molecule has 0 amide bonds. The van der Waals surface area contributed by atoms with Crippen LogP contribution in [0, 0.1) is 13.8 Å². The van der Waals surface area contributed by atoms with Gasteiger partial charge in [-0.25, -0.2) is 0 Å². The van der Waals surface area contributed by atoms with E-state index in [0.717, 1.165) is 16.0 Å². The van der Waals surface area contributed by atoms with Gasteiger partial charge in [-0.05, 0) is 36.4 Å². The minimum absolute atomic E-state index is 0.0394. The number of rotatable bonds is 4. The average Bonchev–Trinajstić information content (AvgIpc) is 2.82. The third-order valence-corrected chi connectivity index (χ3v) is 4.06. The highest BCUT2D eigenvalue weighted by molar-refractivity contribution is 7.10. The van der Waals surface area contributed by atoms with Gasteiger partial charge < -0.3 is 5.11 Å². The van der Waals surface area contributed by atoms with Gasteiger partial charge in [0.05, 0.1) is 6.42 Å². The molecule has 2 rings (SSSR count). The van der Waals surface area contributed by atoms with Gasteiger partial charge in [-0.1, -0.05) is 29.8 Å². The first-order valence-electron chi connectivity index (χ1n) is 5.90. The zero-order chi connectivity index (χ0) is 13.1. The summed E-state index contributed by atoms with van der Waals surface area (Å²) in [6.45, 7) is 4.08. The van der Waals surface area contributed by atoms with Crippen LogP contribution >= 0.6 is 11.3 Å². The van der Waals surface area contributed by atoms with Crippen molar-refractivity contribution in [1.29, 1.82) is 0 Å². The first-order chi connectivity index (χ1) is 8.58. The largest absolute Gasteiger partial charge is 0.481 e. The molecule has 0 aliphatic carbocycles. The van der Waals surface area contributed by atoms with E-state index in [1.807, 2.05) is 31.4 Å². The first kappa shape index (κ1) is 12.8. The van der Waals surface area contributed by atoms with Crippen LogP contribution in [0.1, 0.15) is 33.9 Å².